The minimum atomic E-state index is -4.36. The molecule has 0 bridgehead atoms. The number of alkyl halides is 3. The zero-order chi connectivity index (χ0) is 25.8. The van der Waals surface area contributed by atoms with Crippen molar-refractivity contribution in [2.45, 2.75) is 49.2 Å². The highest BCUT2D eigenvalue weighted by Crippen LogP contribution is 2.34. The third-order valence-electron chi connectivity index (χ3n) is 7.09. The zero-order valence-corrected chi connectivity index (χ0v) is 21.4. The lowest BCUT2D eigenvalue weighted by atomic mass is 9.91. The highest BCUT2D eigenvalue weighted by Gasteiger charge is 2.34. The van der Waals surface area contributed by atoms with Crippen LogP contribution in [0, 0.1) is 0 Å². The van der Waals surface area contributed by atoms with Gasteiger partial charge in [-0.25, -0.2) is 0 Å². The van der Waals surface area contributed by atoms with E-state index in [0.717, 1.165) is 103 Å². The number of nitrogens with one attached hydrogen (secondary N) is 2. The number of thioether (sulfide) groups is 1. The summed E-state index contributed by atoms with van der Waals surface area (Å²) >= 11 is 1.67. The number of aromatic nitrogens is 1. The Morgan fingerprint density at radius 3 is 2.81 bits per heavy atom. The van der Waals surface area contributed by atoms with Gasteiger partial charge in [-0.3, -0.25) is 9.78 Å². The molecule has 5 rings (SSSR count). The largest absolute Gasteiger partial charge is 0.416 e. The number of carbonyl (C=O) groups excluding carboxylic acids is 1. The Kier molecular flexibility index (Phi) is 7.90. The van der Waals surface area contributed by atoms with Gasteiger partial charge in [0.25, 0.3) is 5.91 Å². The highest BCUT2D eigenvalue weighted by atomic mass is 32.2. The molecule has 2 N–H and O–H groups in total. The molecule has 0 aliphatic carbocycles. The van der Waals surface area contributed by atoms with Crippen molar-refractivity contribution >= 4 is 34.3 Å². The van der Waals surface area contributed by atoms with E-state index in [1.54, 1.807) is 18.0 Å². The number of benzene rings is 2. The second kappa shape index (κ2) is 11.3. The minimum Gasteiger partial charge on any atom is -0.385 e. The monoisotopic (exact) mass is 528 g/mol. The minimum absolute atomic E-state index is 0.156. The summed E-state index contributed by atoms with van der Waals surface area (Å²) in [5.41, 5.74) is 2.75. The van der Waals surface area contributed by atoms with Crippen LogP contribution in [0.4, 0.5) is 18.9 Å². The second-order valence-electron chi connectivity index (χ2n) is 9.66. The van der Waals surface area contributed by atoms with Gasteiger partial charge in [0.05, 0.1) is 11.1 Å². The van der Waals surface area contributed by atoms with Crippen molar-refractivity contribution in [1.29, 1.82) is 0 Å². The molecule has 0 radical (unpaired) electrons. The smallest absolute Gasteiger partial charge is 0.385 e. The number of unbranched alkanes of at least 4 members (excludes halogenated alkanes) is 3. The number of piperazine rings is 1. The van der Waals surface area contributed by atoms with Crippen molar-refractivity contribution in [1.82, 2.24) is 15.2 Å². The van der Waals surface area contributed by atoms with Crippen molar-refractivity contribution in [3.05, 3.63) is 65.4 Å². The predicted octanol–water partition coefficient (Wildman–Crippen LogP) is 5.99. The van der Waals surface area contributed by atoms with Crippen molar-refractivity contribution < 1.29 is 18.0 Å². The van der Waals surface area contributed by atoms with Gasteiger partial charge in [0.1, 0.15) is 0 Å². The molecule has 196 valence electrons. The zero-order valence-electron chi connectivity index (χ0n) is 20.6. The molecule has 1 saturated heterocycles. The number of pyridine rings is 1. The number of nitrogens with zero attached hydrogens (tertiary/aromatic N) is 2. The average molecular weight is 529 g/mol. The molecule has 1 atom stereocenters. The SMILES string of the molecule is O=C1c2ccc(NCCCCCCSc3ccnc4cc(C(F)(F)F)ccc34)cc2CC2CNCCN12. The van der Waals surface area contributed by atoms with Crippen LogP contribution >= 0.6 is 11.8 Å². The molecule has 3 heterocycles. The van der Waals surface area contributed by atoms with E-state index in [2.05, 4.69) is 21.7 Å². The Balaban J connectivity index is 1.03. The van der Waals surface area contributed by atoms with Crippen LogP contribution in [0.3, 0.4) is 0 Å². The van der Waals surface area contributed by atoms with Crippen LogP contribution in [0.5, 0.6) is 0 Å². The summed E-state index contributed by atoms with van der Waals surface area (Å²) < 4.78 is 38.9. The summed E-state index contributed by atoms with van der Waals surface area (Å²) in [4.78, 5) is 19.9. The number of hydrogen-bond donors (Lipinski definition) is 2. The molecule has 1 fully saturated rings. The maximum atomic E-state index is 13.0. The van der Waals surface area contributed by atoms with Crippen LogP contribution in [-0.2, 0) is 12.6 Å². The van der Waals surface area contributed by atoms with E-state index in [-0.39, 0.29) is 11.9 Å². The molecule has 1 unspecified atom stereocenters. The van der Waals surface area contributed by atoms with Gasteiger partial charge in [-0.1, -0.05) is 18.9 Å². The molecular weight excluding hydrogens is 497 g/mol. The summed E-state index contributed by atoms with van der Waals surface area (Å²) in [6, 6.07) is 12.0. The fourth-order valence-electron chi connectivity index (χ4n) is 5.12. The van der Waals surface area contributed by atoms with Crippen LogP contribution in [0.1, 0.15) is 47.2 Å². The maximum absolute atomic E-state index is 13.0. The lowest BCUT2D eigenvalue weighted by Gasteiger charge is -2.40. The lowest BCUT2D eigenvalue weighted by molar-refractivity contribution is -0.137. The van der Waals surface area contributed by atoms with E-state index in [1.807, 2.05) is 23.1 Å². The number of rotatable bonds is 9. The lowest BCUT2D eigenvalue weighted by Crippen LogP contribution is -2.56. The fraction of sp³-hybridized carbons (Fsp3) is 0.429. The Hall–Kier alpha value is -2.78. The summed E-state index contributed by atoms with van der Waals surface area (Å²) in [5, 5.41) is 7.65. The summed E-state index contributed by atoms with van der Waals surface area (Å²) in [5.74, 6) is 1.07. The molecule has 37 heavy (non-hydrogen) atoms. The number of fused-ring (bicyclic) bond motifs is 3. The molecule has 2 aromatic carbocycles. The fourth-order valence-corrected chi connectivity index (χ4v) is 6.17. The standard InChI is InChI=1S/C28H31F3N4OS/c29-28(30,31)20-5-7-24-25(17-20)34-11-9-26(24)37-14-4-2-1-3-10-33-21-6-8-23-19(15-21)16-22-18-32-12-13-35(22)27(23)36/h5-9,11,15,17,22,32-33H,1-4,10,12-14,16,18H2. The first-order valence-corrected chi connectivity index (χ1v) is 13.9. The van der Waals surface area contributed by atoms with Crippen molar-refractivity contribution in [2.24, 2.45) is 0 Å². The summed E-state index contributed by atoms with van der Waals surface area (Å²) in [6.45, 7) is 3.39. The van der Waals surface area contributed by atoms with E-state index in [1.165, 1.54) is 6.07 Å². The van der Waals surface area contributed by atoms with Gasteiger partial charge in [0, 0.05) is 60.0 Å². The Morgan fingerprint density at radius 1 is 1.08 bits per heavy atom. The number of hydrogen-bond acceptors (Lipinski definition) is 5. The van der Waals surface area contributed by atoms with Gasteiger partial charge in [0.15, 0.2) is 0 Å². The molecule has 1 amide bonds. The van der Waals surface area contributed by atoms with Gasteiger partial charge in [0.2, 0.25) is 0 Å². The van der Waals surface area contributed by atoms with E-state index in [0.29, 0.717) is 5.52 Å². The first-order valence-electron chi connectivity index (χ1n) is 12.9. The molecule has 9 heteroatoms. The van der Waals surface area contributed by atoms with Crippen molar-refractivity contribution in [2.75, 3.05) is 37.2 Å². The molecule has 1 aromatic heterocycles. The number of amides is 1. The van der Waals surface area contributed by atoms with Crippen LogP contribution in [0.25, 0.3) is 10.9 Å². The molecule has 0 spiro atoms. The summed E-state index contributed by atoms with van der Waals surface area (Å²) in [7, 11) is 0. The topological polar surface area (TPSA) is 57.3 Å². The van der Waals surface area contributed by atoms with Gasteiger partial charge in [-0.15, -0.1) is 11.8 Å². The molecular formula is C28H31F3N4OS. The normalized spacial score (nSPS) is 17.5. The Morgan fingerprint density at radius 2 is 1.95 bits per heavy atom. The van der Waals surface area contributed by atoms with Crippen LogP contribution < -0.4 is 10.6 Å². The van der Waals surface area contributed by atoms with Crippen molar-refractivity contribution in [3.63, 3.8) is 0 Å². The van der Waals surface area contributed by atoms with Crippen LogP contribution in [0.15, 0.2) is 53.6 Å². The van der Waals surface area contributed by atoms with Gasteiger partial charge in [-0.2, -0.15) is 13.2 Å². The second-order valence-corrected chi connectivity index (χ2v) is 10.8. The van der Waals surface area contributed by atoms with E-state index in [9.17, 15) is 18.0 Å². The highest BCUT2D eigenvalue weighted by molar-refractivity contribution is 7.99. The third-order valence-corrected chi connectivity index (χ3v) is 8.25. The molecule has 0 saturated carbocycles. The van der Waals surface area contributed by atoms with Gasteiger partial charge >= 0.3 is 6.18 Å². The number of anilines is 1. The molecule has 5 nitrogen and oxygen atoms in total. The van der Waals surface area contributed by atoms with E-state index in [4.69, 9.17) is 0 Å². The predicted molar refractivity (Wildman–Crippen MR) is 142 cm³/mol. The number of halogens is 3. The maximum Gasteiger partial charge on any atom is 0.416 e. The Labute approximate surface area is 219 Å². The van der Waals surface area contributed by atoms with E-state index < -0.39 is 11.7 Å². The Bertz CT molecular complexity index is 1270. The summed E-state index contributed by atoms with van der Waals surface area (Å²) in [6.07, 6.45) is 2.42. The number of carbonyl (C=O) groups is 1. The molecule has 2 aliphatic rings. The third kappa shape index (κ3) is 6.04. The first-order chi connectivity index (χ1) is 17.9. The van der Waals surface area contributed by atoms with Crippen molar-refractivity contribution in [3.8, 4) is 0 Å². The van der Waals surface area contributed by atoms with Gasteiger partial charge < -0.3 is 15.5 Å². The van der Waals surface area contributed by atoms with Crippen LogP contribution in [-0.4, -0.2) is 53.8 Å². The van der Waals surface area contributed by atoms with E-state index >= 15 is 0 Å². The van der Waals surface area contributed by atoms with Crippen LogP contribution in [0.2, 0.25) is 0 Å². The molecule has 2 aliphatic heterocycles. The first kappa shape index (κ1) is 25.9. The average Bonchev–Trinajstić information content (AvgIpc) is 2.89. The molecule has 3 aromatic rings. The quantitative estimate of drug-likeness (QED) is 0.264. The van der Waals surface area contributed by atoms with Gasteiger partial charge in [-0.05, 0) is 67.0 Å².